The second-order valence-electron chi connectivity index (χ2n) is 4.82. The van der Waals surface area contributed by atoms with E-state index in [1.54, 1.807) is 24.3 Å². The number of urea groups is 1. The van der Waals surface area contributed by atoms with E-state index in [4.69, 9.17) is 0 Å². The first-order chi connectivity index (χ1) is 11.0. The second-order valence-corrected chi connectivity index (χ2v) is 4.82. The lowest BCUT2D eigenvalue weighted by molar-refractivity contribution is 0.167. The molecule has 1 unspecified atom stereocenters. The molecule has 0 bridgehead atoms. The van der Waals surface area contributed by atoms with E-state index in [0.717, 1.165) is 6.07 Å². The number of amides is 2. The highest BCUT2D eigenvalue weighted by Crippen LogP contribution is 2.19. The molecule has 4 nitrogen and oxygen atoms in total. The first-order valence-electron chi connectivity index (χ1n) is 6.90. The number of carbonyl (C=O) groups is 1. The summed E-state index contributed by atoms with van der Waals surface area (Å²) < 4.78 is 39.2. The minimum Gasteiger partial charge on any atom is -0.388 e. The molecule has 1 atom stereocenters. The number of hydrogen-bond donors (Lipinski definition) is 3. The molecular formula is C16H15F3N2O2. The summed E-state index contributed by atoms with van der Waals surface area (Å²) in [5, 5.41) is 14.4. The Hall–Kier alpha value is -2.54. The van der Waals surface area contributed by atoms with Crippen molar-refractivity contribution >= 4 is 11.7 Å². The van der Waals surface area contributed by atoms with Gasteiger partial charge in [0.25, 0.3) is 0 Å². The maximum Gasteiger partial charge on any atom is 0.319 e. The van der Waals surface area contributed by atoms with Crippen molar-refractivity contribution in [2.24, 2.45) is 0 Å². The highest BCUT2D eigenvalue weighted by molar-refractivity contribution is 5.89. The van der Waals surface area contributed by atoms with Gasteiger partial charge in [0, 0.05) is 6.54 Å². The molecule has 0 fully saturated rings. The molecule has 7 heteroatoms. The molecule has 0 saturated carbocycles. The van der Waals surface area contributed by atoms with Gasteiger partial charge in [0.15, 0.2) is 17.5 Å². The standard InChI is InChI=1S/C16H15F3N2O2/c17-11-6-7-12(15(19)14(11)18)21-16(23)20-9-8-13(22)10-4-2-1-3-5-10/h1-7,13,22H,8-9H2,(H2,20,21,23). The Balaban J connectivity index is 1.83. The third-order valence-electron chi connectivity index (χ3n) is 3.17. The predicted molar refractivity (Wildman–Crippen MR) is 79.4 cm³/mol. The van der Waals surface area contributed by atoms with Crippen molar-refractivity contribution in [3.63, 3.8) is 0 Å². The summed E-state index contributed by atoms with van der Waals surface area (Å²) in [6.07, 6.45) is -0.506. The van der Waals surface area contributed by atoms with Crippen molar-refractivity contribution < 1.29 is 23.1 Å². The van der Waals surface area contributed by atoms with Gasteiger partial charge >= 0.3 is 6.03 Å². The molecule has 23 heavy (non-hydrogen) atoms. The number of rotatable bonds is 5. The lowest BCUT2D eigenvalue weighted by Gasteiger charge is -2.12. The van der Waals surface area contributed by atoms with Crippen molar-refractivity contribution in [2.75, 3.05) is 11.9 Å². The monoisotopic (exact) mass is 324 g/mol. The van der Waals surface area contributed by atoms with E-state index in [1.807, 2.05) is 6.07 Å². The Kier molecular flexibility index (Phi) is 5.59. The van der Waals surface area contributed by atoms with E-state index in [1.165, 1.54) is 0 Å². The average Bonchev–Trinajstić information content (AvgIpc) is 2.56. The van der Waals surface area contributed by atoms with Gasteiger partial charge < -0.3 is 15.7 Å². The highest BCUT2D eigenvalue weighted by Gasteiger charge is 2.15. The maximum absolute atomic E-state index is 13.4. The number of carbonyl (C=O) groups excluding carboxylic acids is 1. The van der Waals surface area contributed by atoms with E-state index in [9.17, 15) is 23.1 Å². The molecule has 0 heterocycles. The minimum atomic E-state index is -1.65. The first kappa shape index (κ1) is 16.8. The van der Waals surface area contributed by atoms with Crippen LogP contribution in [0.1, 0.15) is 18.1 Å². The van der Waals surface area contributed by atoms with Crippen LogP contribution in [-0.2, 0) is 0 Å². The van der Waals surface area contributed by atoms with E-state index < -0.39 is 35.3 Å². The molecule has 122 valence electrons. The smallest absolute Gasteiger partial charge is 0.319 e. The highest BCUT2D eigenvalue weighted by atomic mass is 19.2. The first-order valence-corrected chi connectivity index (χ1v) is 6.90. The number of anilines is 1. The van der Waals surface area contributed by atoms with Crippen LogP contribution in [0.15, 0.2) is 42.5 Å². The molecule has 0 aliphatic heterocycles. The lowest BCUT2D eigenvalue weighted by atomic mass is 10.1. The zero-order valence-corrected chi connectivity index (χ0v) is 12.0. The van der Waals surface area contributed by atoms with E-state index in [-0.39, 0.29) is 13.0 Å². The zero-order valence-electron chi connectivity index (χ0n) is 12.0. The Morgan fingerprint density at radius 3 is 2.43 bits per heavy atom. The quantitative estimate of drug-likeness (QED) is 0.739. The fourth-order valence-corrected chi connectivity index (χ4v) is 1.95. The Morgan fingerprint density at radius 1 is 1.04 bits per heavy atom. The second kappa shape index (κ2) is 7.64. The van der Waals surface area contributed by atoms with Crippen LogP contribution in [0, 0.1) is 17.5 Å². The normalized spacial score (nSPS) is 11.8. The molecule has 0 aliphatic carbocycles. The van der Waals surface area contributed by atoms with Crippen LogP contribution in [-0.4, -0.2) is 17.7 Å². The minimum absolute atomic E-state index is 0.118. The number of hydrogen-bond acceptors (Lipinski definition) is 2. The van der Waals surface area contributed by atoms with Crippen LogP contribution in [0.3, 0.4) is 0 Å². The fourth-order valence-electron chi connectivity index (χ4n) is 1.95. The molecule has 0 saturated heterocycles. The summed E-state index contributed by atoms with van der Waals surface area (Å²) in [5.41, 5.74) is 0.242. The van der Waals surface area contributed by atoms with E-state index in [0.29, 0.717) is 11.6 Å². The van der Waals surface area contributed by atoms with Crippen LogP contribution in [0.5, 0.6) is 0 Å². The van der Waals surface area contributed by atoms with Crippen molar-refractivity contribution in [3.05, 3.63) is 65.5 Å². The molecule has 0 aliphatic rings. The Bertz CT molecular complexity index is 681. The molecule has 2 amide bonds. The van der Waals surface area contributed by atoms with Crippen molar-refractivity contribution in [1.29, 1.82) is 0 Å². The summed E-state index contributed by atoms with van der Waals surface area (Å²) in [6, 6.07) is 9.74. The van der Waals surface area contributed by atoms with Crippen LogP contribution < -0.4 is 10.6 Å². The number of nitrogens with one attached hydrogen (secondary N) is 2. The molecule has 0 radical (unpaired) electrons. The fraction of sp³-hybridized carbons (Fsp3) is 0.188. The lowest BCUT2D eigenvalue weighted by Crippen LogP contribution is -2.30. The van der Waals surface area contributed by atoms with Gasteiger partial charge in [-0.05, 0) is 24.1 Å². The van der Waals surface area contributed by atoms with Crippen LogP contribution in [0.25, 0.3) is 0 Å². The number of halogens is 3. The van der Waals surface area contributed by atoms with Gasteiger partial charge in [-0.1, -0.05) is 30.3 Å². The summed E-state index contributed by atoms with van der Waals surface area (Å²) in [6.45, 7) is 0.118. The summed E-state index contributed by atoms with van der Waals surface area (Å²) in [5.74, 6) is -4.45. The van der Waals surface area contributed by atoms with E-state index in [2.05, 4.69) is 10.6 Å². The van der Waals surface area contributed by atoms with Crippen LogP contribution in [0.4, 0.5) is 23.7 Å². The van der Waals surface area contributed by atoms with Crippen molar-refractivity contribution in [3.8, 4) is 0 Å². The van der Waals surface area contributed by atoms with Crippen LogP contribution in [0.2, 0.25) is 0 Å². The molecule has 2 aromatic rings. The van der Waals surface area contributed by atoms with E-state index >= 15 is 0 Å². The van der Waals surface area contributed by atoms with Gasteiger partial charge in [0.2, 0.25) is 0 Å². The van der Waals surface area contributed by atoms with Gasteiger partial charge in [-0.2, -0.15) is 0 Å². The maximum atomic E-state index is 13.4. The third-order valence-corrected chi connectivity index (χ3v) is 3.17. The molecule has 2 rings (SSSR count). The Morgan fingerprint density at radius 2 is 1.74 bits per heavy atom. The Labute approximate surface area is 131 Å². The number of benzene rings is 2. The predicted octanol–water partition coefficient (Wildman–Crippen LogP) is 3.35. The van der Waals surface area contributed by atoms with Gasteiger partial charge in [-0.25, -0.2) is 18.0 Å². The van der Waals surface area contributed by atoms with Crippen molar-refractivity contribution in [1.82, 2.24) is 5.32 Å². The van der Waals surface area contributed by atoms with Gasteiger partial charge in [-0.15, -0.1) is 0 Å². The molecular weight excluding hydrogens is 309 g/mol. The van der Waals surface area contributed by atoms with Gasteiger partial charge in [-0.3, -0.25) is 0 Å². The summed E-state index contributed by atoms with van der Waals surface area (Å²) in [4.78, 5) is 11.6. The molecule has 3 N–H and O–H groups in total. The molecule has 2 aromatic carbocycles. The zero-order chi connectivity index (χ0) is 16.8. The van der Waals surface area contributed by atoms with Gasteiger partial charge in [0.05, 0.1) is 11.8 Å². The largest absolute Gasteiger partial charge is 0.388 e. The van der Waals surface area contributed by atoms with Crippen molar-refractivity contribution in [2.45, 2.75) is 12.5 Å². The number of aliphatic hydroxyl groups excluding tert-OH is 1. The van der Waals surface area contributed by atoms with Crippen LogP contribution >= 0.6 is 0 Å². The average molecular weight is 324 g/mol. The molecule has 0 spiro atoms. The third kappa shape index (κ3) is 4.46. The van der Waals surface area contributed by atoms with Gasteiger partial charge in [0.1, 0.15) is 0 Å². The summed E-state index contributed by atoms with van der Waals surface area (Å²) >= 11 is 0. The number of aliphatic hydroxyl groups is 1. The topological polar surface area (TPSA) is 61.4 Å². The molecule has 0 aromatic heterocycles. The SMILES string of the molecule is O=C(NCCC(O)c1ccccc1)Nc1ccc(F)c(F)c1F. The summed E-state index contributed by atoms with van der Waals surface area (Å²) in [7, 11) is 0.